The second-order valence-corrected chi connectivity index (χ2v) is 8.02. The van der Waals surface area contributed by atoms with Gasteiger partial charge in [0, 0.05) is 44.3 Å². The van der Waals surface area contributed by atoms with Crippen LogP contribution in [-0.2, 0) is 16.6 Å². The van der Waals surface area contributed by atoms with E-state index in [2.05, 4.69) is 24.6 Å². The molecular weight excluding hydrogens is 366 g/mol. The highest BCUT2D eigenvalue weighted by molar-refractivity contribution is 7.92. The Labute approximate surface area is 159 Å². The first-order valence-corrected chi connectivity index (χ1v) is 10.4. The summed E-state index contributed by atoms with van der Waals surface area (Å²) in [6.07, 6.45) is 4.60. The van der Waals surface area contributed by atoms with Crippen LogP contribution in [0.25, 0.3) is 0 Å². The molecule has 0 atom stereocenters. The quantitative estimate of drug-likeness (QED) is 0.564. The highest BCUT2D eigenvalue weighted by atomic mass is 32.2. The number of nitrogens with zero attached hydrogens (tertiary/aromatic N) is 5. The number of hydrogen-bond donors (Lipinski definition) is 2. The first-order valence-electron chi connectivity index (χ1n) is 8.54. The zero-order valence-corrected chi connectivity index (χ0v) is 15.9. The second-order valence-electron chi connectivity index (χ2n) is 6.27. The van der Waals surface area contributed by atoms with Gasteiger partial charge in [0.05, 0.1) is 12.8 Å². The molecule has 0 amide bonds. The number of aromatic nitrogens is 2. The molecule has 0 unspecified atom stereocenters. The van der Waals surface area contributed by atoms with Crippen LogP contribution in [0.2, 0.25) is 0 Å². The standard InChI is InChI=1S/C17H23N7O2S/c1-27(25,26)22-15-5-3-14(4-6-15)13-21-16(18)23-9-11-24(12-10-23)17-19-7-2-8-20-17/h2-8,22H,9-13H2,1H3,(H2,18,21). The van der Waals surface area contributed by atoms with Gasteiger partial charge in [0.15, 0.2) is 5.96 Å². The predicted molar refractivity (Wildman–Crippen MR) is 106 cm³/mol. The molecule has 1 aliphatic rings. The third-order valence-electron chi connectivity index (χ3n) is 4.12. The fraction of sp³-hybridized carbons (Fsp3) is 0.353. The Bertz CT molecular complexity index is 877. The molecule has 1 aromatic carbocycles. The summed E-state index contributed by atoms with van der Waals surface area (Å²) >= 11 is 0. The number of hydrogen-bond acceptors (Lipinski definition) is 6. The number of nitrogens with two attached hydrogens (primary N) is 1. The average molecular weight is 389 g/mol. The lowest BCUT2D eigenvalue weighted by molar-refractivity contribution is 0.378. The summed E-state index contributed by atoms with van der Waals surface area (Å²) in [5.74, 6) is 1.23. The van der Waals surface area contributed by atoms with Gasteiger partial charge in [0.1, 0.15) is 0 Å². The van der Waals surface area contributed by atoms with Gasteiger partial charge >= 0.3 is 0 Å². The molecule has 0 saturated carbocycles. The number of piperazine rings is 1. The van der Waals surface area contributed by atoms with Gasteiger partial charge in [-0.25, -0.2) is 23.4 Å². The van der Waals surface area contributed by atoms with Gasteiger partial charge in [-0.05, 0) is 23.8 Å². The third-order valence-corrected chi connectivity index (χ3v) is 4.73. The Kier molecular flexibility index (Phi) is 5.75. The first kappa shape index (κ1) is 18.9. The molecule has 3 N–H and O–H groups in total. The van der Waals surface area contributed by atoms with Crippen molar-refractivity contribution in [2.24, 2.45) is 10.7 Å². The Balaban J connectivity index is 1.52. The van der Waals surface area contributed by atoms with Crippen molar-refractivity contribution in [1.29, 1.82) is 0 Å². The molecule has 1 fully saturated rings. The van der Waals surface area contributed by atoms with E-state index in [9.17, 15) is 8.42 Å². The Morgan fingerprint density at radius 2 is 1.78 bits per heavy atom. The van der Waals surface area contributed by atoms with Crippen molar-refractivity contribution in [3.05, 3.63) is 48.3 Å². The van der Waals surface area contributed by atoms with E-state index in [0.717, 1.165) is 43.9 Å². The van der Waals surface area contributed by atoms with Crippen LogP contribution in [0.3, 0.4) is 0 Å². The summed E-state index contributed by atoms with van der Waals surface area (Å²) in [7, 11) is -3.27. The Morgan fingerprint density at radius 1 is 1.15 bits per heavy atom. The lowest BCUT2D eigenvalue weighted by Gasteiger charge is -2.35. The van der Waals surface area contributed by atoms with Crippen molar-refractivity contribution < 1.29 is 8.42 Å². The molecule has 1 aliphatic heterocycles. The van der Waals surface area contributed by atoms with Crippen molar-refractivity contribution in [1.82, 2.24) is 14.9 Å². The van der Waals surface area contributed by atoms with Crippen LogP contribution in [0.4, 0.5) is 11.6 Å². The SMILES string of the molecule is CS(=O)(=O)Nc1ccc(CN=C(N)N2CCN(c3ncccn3)CC2)cc1. The lowest BCUT2D eigenvalue weighted by Crippen LogP contribution is -2.51. The number of aliphatic imine (C=N–C) groups is 1. The van der Waals surface area contributed by atoms with Crippen LogP contribution in [0.5, 0.6) is 0 Å². The smallest absolute Gasteiger partial charge is 0.229 e. The number of nitrogens with one attached hydrogen (secondary N) is 1. The summed E-state index contributed by atoms with van der Waals surface area (Å²) in [6, 6.07) is 8.87. The molecule has 0 bridgehead atoms. The van der Waals surface area contributed by atoms with Gasteiger partial charge in [0.25, 0.3) is 0 Å². The van der Waals surface area contributed by atoms with E-state index in [1.54, 1.807) is 30.6 Å². The number of guanidine groups is 1. The van der Waals surface area contributed by atoms with Crippen LogP contribution in [0, 0.1) is 0 Å². The molecule has 1 aromatic heterocycles. The largest absolute Gasteiger partial charge is 0.370 e. The summed E-state index contributed by atoms with van der Waals surface area (Å²) in [5, 5.41) is 0. The molecule has 2 heterocycles. The average Bonchev–Trinajstić information content (AvgIpc) is 2.67. The van der Waals surface area contributed by atoms with E-state index in [4.69, 9.17) is 5.73 Å². The molecule has 0 radical (unpaired) electrons. The molecule has 2 aromatic rings. The van der Waals surface area contributed by atoms with Crippen LogP contribution in [0.1, 0.15) is 5.56 Å². The van der Waals surface area contributed by atoms with Gasteiger partial charge in [0.2, 0.25) is 16.0 Å². The van der Waals surface area contributed by atoms with Crippen molar-refractivity contribution >= 4 is 27.6 Å². The van der Waals surface area contributed by atoms with Crippen molar-refractivity contribution in [2.75, 3.05) is 42.1 Å². The third kappa shape index (κ3) is 5.55. The van der Waals surface area contributed by atoms with Gasteiger partial charge in [-0.3, -0.25) is 4.72 Å². The zero-order chi connectivity index (χ0) is 19.3. The van der Waals surface area contributed by atoms with Crippen molar-refractivity contribution in [2.45, 2.75) is 6.54 Å². The van der Waals surface area contributed by atoms with Crippen molar-refractivity contribution in [3.8, 4) is 0 Å². The normalized spacial score (nSPS) is 15.7. The minimum Gasteiger partial charge on any atom is -0.370 e. The number of sulfonamides is 1. The van der Waals surface area contributed by atoms with E-state index in [-0.39, 0.29) is 0 Å². The molecule has 1 saturated heterocycles. The fourth-order valence-electron chi connectivity index (χ4n) is 2.75. The van der Waals surface area contributed by atoms with Gasteiger partial charge in [-0.15, -0.1) is 0 Å². The zero-order valence-electron chi connectivity index (χ0n) is 15.1. The molecule has 9 nitrogen and oxygen atoms in total. The number of benzene rings is 1. The highest BCUT2D eigenvalue weighted by Gasteiger charge is 2.19. The van der Waals surface area contributed by atoms with Crippen LogP contribution >= 0.6 is 0 Å². The van der Waals surface area contributed by atoms with E-state index in [0.29, 0.717) is 18.2 Å². The van der Waals surface area contributed by atoms with Crippen LogP contribution in [-0.4, -0.2) is 61.7 Å². The van der Waals surface area contributed by atoms with E-state index < -0.39 is 10.0 Å². The first-order chi connectivity index (χ1) is 12.9. The highest BCUT2D eigenvalue weighted by Crippen LogP contribution is 2.12. The predicted octanol–water partition coefficient (Wildman–Crippen LogP) is 0.485. The molecule has 0 aliphatic carbocycles. The molecular formula is C17H23N7O2S. The maximum absolute atomic E-state index is 11.2. The Morgan fingerprint density at radius 3 is 2.37 bits per heavy atom. The van der Waals surface area contributed by atoms with Gasteiger partial charge in [-0.1, -0.05) is 12.1 Å². The second kappa shape index (κ2) is 8.21. The lowest BCUT2D eigenvalue weighted by atomic mass is 10.2. The maximum atomic E-state index is 11.2. The van der Waals surface area contributed by atoms with Gasteiger partial charge in [-0.2, -0.15) is 0 Å². The summed E-state index contributed by atoms with van der Waals surface area (Å²) in [4.78, 5) is 17.2. The van der Waals surface area contributed by atoms with E-state index in [1.807, 2.05) is 17.0 Å². The number of anilines is 2. The summed E-state index contributed by atoms with van der Waals surface area (Å²) in [5.41, 5.74) is 7.61. The topological polar surface area (TPSA) is 117 Å². The fourth-order valence-corrected chi connectivity index (χ4v) is 3.32. The molecule has 144 valence electrons. The van der Waals surface area contributed by atoms with Crippen LogP contribution in [0.15, 0.2) is 47.7 Å². The van der Waals surface area contributed by atoms with Crippen molar-refractivity contribution in [3.63, 3.8) is 0 Å². The van der Waals surface area contributed by atoms with E-state index >= 15 is 0 Å². The summed E-state index contributed by atoms with van der Waals surface area (Å²) < 4.78 is 24.9. The minimum absolute atomic E-state index is 0.437. The van der Waals surface area contributed by atoms with E-state index in [1.165, 1.54) is 0 Å². The van der Waals surface area contributed by atoms with Gasteiger partial charge < -0.3 is 15.5 Å². The molecule has 0 spiro atoms. The molecule has 10 heteroatoms. The maximum Gasteiger partial charge on any atom is 0.229 e. The van der Waals surface area contributed by atoms with Crippen LogP contribution < -0.4 is 15.4 Å². The monoisotopic (exact) mass is 389 g/mol. The molecule has 27 heavy (non-hydrogen) atoms. The number of rotatable bonds is 5. The minimum atomic E-state index is -3.27. The summed E-state index contributed by atoms with van der Waals surface area (Å²) in [6.45, 7) is 3.51. The Hall–Kier alpha value is -2.88. The molecule has 3 rings (SSSR count).